The fraction of sp³-hybridized carbons (Fsp3) is 0.462. The van der Waals surface area contributed by atoms with Crippen LogP contribution in [-0.2, 0) is 0 Å². The van der Waals surface area contributed by atoms with Crippen molar-refractivity contribution >= 4 is 5.69 Å². The molecule has 1 heterocycles. The van der Waals surface area contributed by atoms with Gasteiger partial charge in [-0.3, -0.25) is 0 Å². The van der Waals surface area contributed by atoms with Crippen LogP contribution in [0.2, 0.25) is 0 Å². The van der Waals surface area contributed by atoms with Crippen molar-refractivity contribution in [2.45, 2.75) is 37.6 Å². The maximum atomic E-state index is 9.05. The third-order valence-corrected chi connectivity index (χ3v) is 3.71. The van der Waals surface area contributed by atoms with Crippen LogP contribution in [0.3, 0.4) is 0 Å². The van der Waals surface area contributed by atoms with Crippen molar-refractivity contribution in [3.05, 3.63) is 29.3 Å². The van der Waals surface area contributed by atoms with Gasteiger partial charge in [-0.05, 0) is 24.5 Å². The van der Waals surface area contributed by atoms with Crippen LogP contribution >= 0.6 is 0 Å². The van der Waals surface area contributed by atoms with Gasteiger partial charge in [-0.15, -0.1) is 0 Å². The van der Waals surface area contributed by atoms with Gasteiger partial charge >= 0.3 is 0 Å². The maximum absolute atomic E-state index is 9.05. The Hall–Kier alpha value is -1.49. The molecule has 2 unspecified atom stereocenters. The Balaban J connectivity index is 2.07. The summed E-state index contributed by atoms with van der Waals surface area (Å²) >= 11 is 0. The van der Waals surface area contributed by atoms with Gasteiger partial charge in [0.25, 0.3) is 0 Å². The van der Waals surface area contributed by atoms with Gasteiger partial charge in [0.1, 0.15) is 6.07 Å². The topological polar surface area (TPSA) is 35.8 Å². The number of fused-ring (bicyclic) bond motifs is 3. The molecule has 2 aliphatic rings. The normalized spacial score (nSPS) is 27.4. The van der Waals surface area contributed by atoms with Gasteiger partial charge in [-0.2, -0.15) is 5.26 Å². The minimum Gasteiger partial charge on any atom is -0.380 e. The van der Waals surface area contributed by atoms with Gasteiger partial charge in [0.15, 0.2) is 0 Å². The average Bonchev–Trinajstić information content (AvgIpc) is 2.67. The number of nitrogens with one attached hydrogen (secondary N) is 1. The number of para-hydroxylation sites is 1. The van der Waals surface area contributed by atoms with Crippen LogP contribution in [0.25, 0.3) is 0 Å². The molecule has 2 heteroatoms. The molecule has 76 valence electrons. The molecule has 0 aromatic heterocycles. The van der Waals surface area contributed by atoms with E-state index >= 15 is 0 Å². The van der Waals surface area contributed by atoms with E-state index in [9.17, 15) is 0 Å². The molecule has 0 spiro atoms. The second-order valence-electron chi connectivity index (χ2n) is 4.52. The highest BCUT2D eigenvalue weighted by molar-refractivity contribution is 5.68. The molecule has 1 aliphatic carbocycles. The molecule has 15 heavy (non-hydrogen) atoms. The second kappa shape index (κ2) is 3.27. The third-order valence-electron chi connectivity index (χ3n) is 3.71. The van der Waals surface area contributed by atoms with Crippen molar-refractivity contribution < 1.29 is 0 Å². The van der Waals surface area contributed by atoms with Crippen molar-refractivity contribution in [1.29, 1.82) is 5.26 Å². The van der Waals surface area contributed by atoms with E-state index in [0.717, 1.165) is 11.3 Å². The summed E-state index contributed by atoms with van der Waals surface area (Å²) in [6.45, 7) is 0. The van der Waals surface area contributed by atoms with E-state index in [1.165, 1.54) is 31.2 Å². The molecule has 1 fully saturated rings. The van der Waals surface area contributed by atoms with Crippen LogP contribution in [0.15, 0.2) is 18.2 Å². The molecule has 1 aromatic carbocycles. The molecule has 0 bridgehead atoms. The number of hydrogen-bond acceptors (Lipinski definition) is 2. The molecule has 0 saturated heterocycles. The minimum atomic E-state index is 0.586. The largest absolute Gasteiger partial charge is 0.380 e. The highest BCUT2D eigenvalue weighted by Crippen LogP contribution is 2.44. The van der Waals surface area contributed by atoms with Crippen LogP contribution in [0.5, 0.6) is 0 Å². The third kappa shape index (κ3) is 1.23. The van der Waals surface area contributed by atoms with Crippen molar-refractivity contribution in [2.24, 2.45) is 0 Å². The smallest absolute Gasteiger partial charge is 0.101 e. The standard InChI is InChI=1S/C13H14N2/c14-8-9-4-3-6-11-10-5-1-2-7-12(10)15-13(9)11/h3-4,6,10,12,15H,1-2,5,7H2. The van der Waals surface area contributed by atoms with Crippen molar-refractivity contribution in [3.63, 3.8) is 0 Å². The van der Waals surface area contributed by atoms with E-state index in [1.54, 1.807) is 0 Å². The van der Waals surface area contributed by atoms with E-state index in [4.69, 9.17) is 5.26 Å². The number of nitrogens with zero attached hydrogens (tertiary/aromatic N) is 1. The Morgan fingerprint density at radius 2 is 2.13 bits per heavy atom. The summed E-state index contributed by atoms with van der Waals surface area (Å²) in [4.78, 5) is 0. The van der Waals surface area contributed by atoms with Gasteiger partial charge in [-0.1, -0.05) is 25.0 Å². The monoisotopic (exact) mass is 198 g/mol. The zero-order chi connectivity index (χ0) is 10.3. The van der Waals surface area contributed by atoms with E-state index < -0.39 is 0 Å². The first kappa shape index (κ1) is 8.79. The summed E-state index contributed by atoms with van der Waals surface area (Å²) < 4.78 is 0. The van der Waals surface area contributed by atoms with Crippen LogP contribution in [0.1, 0.15) is 42.7 Å². The Bertz CT molecular complexity index is 431. The average molecular weight is 198 g/mol. The Kier molecular flexibility index (Phi) is 1.92. The van der Waals surface area contributed by atoms with Crippen molar-refractivity contribution in [1.82, 2.24) is 0 Å². The van der Waals surface area contributed by atoms with Gasteiger partial charge in [0.2, 0.25) is 0 Å². The van der Waals surface area contributed by atoms with E-state index in [2.05, 4.69) is 17.5 Å². The molecular weight excluding hydrogens is 184 g/mol. The highest BCUT2D eigenvalue weighted by atomic mass is 15.0. The number of hydrogen-bond donors (Lipinski definition) is 1. The summed E-state index contributed by atoms with van der Waals surface area (Å²) in [6.07, 6.45) is 5.19. The Labute approximate surface area is 89.9 Å². The van der Waals surface area contributed by atoms with Crippen LogP contribution in [0.4, 0.5) is 5.69 Å². The van der Waals surface area contributed by atoms with E-state index in [-0.39, 0.29) is 0 Å². The molecule has 1 aromatic rings. The zero-order valence-electron chi connectivity index (χ0n) is 8.66. The van der Waals surface area contributed by atoms with Gasteiger partial charge in [0, 0.05) is 12.0 Å². The predicted molar refractivity (Wildman–Crippen MR) is 59.8 cm³/mol. The van der Waals surface area contributed by atoms with Crippen LogP contribution in [0, 0.1) is 11.3 Å². The zero-order valence-corrected chi connectivity index (χ0v) is 8.66. The molecule has 2 atom stereocenters. The molecule has 1 saturated carbocycles. The maximum Gasteiger partial charge on any atom is 0.101 e. The van der Waals surface area contributed by atoms with E-state index in [1.807, 2.05) is 12.1 Å². The fourth-order valence-electron chi connectivity index (χ4n) is 2.99. The number of anilines is 1. The summed E-state index contributed by atoms with van der Waals surface area (Å²) in [5, 5.41) is 12.6. The first-order valence-corrected chi connectivity index (χ1v) is 5.69. The summed E-state index contributed by atoms with van der Waals surface area (Å²) in [5.74, 6) is 0.655. The fourth-order valence-corrected chi connectivity index (χ4v) is 2.99. The molecule has 2 nitrogen and oxygen atoms in total. The summed E-state index contributed by atoms with van der Waals surface area (Å²) in [6, 6.07) is 8.96. The molecule has 1 N–H and O–H groups in total. The Morgan fingerprint density at radius 1 is 1.27 bits per heavy atom. The molecular formula is C13H14N2. The lowest BCUT2D eigenvalue weighted by atomic mass is 9.82. The molecule has 1 aliphatic heterocycles. The highest BCUT2D eigenvalue weighted by Gasteiger charge is 2.34. The number of rotatable bonds is 0. The Morgan fingerprint density at radius 3 is 3.00 bits per heavy atom. The molecule has 3 rings (SSSR count). The van der Waals surface area contributed by atoms with Crippen molar-refractivity contribution in [2.75, 3.05) is 5.32 Å². The molecule has 0 amide bonds. The van der Waals surface area contributed by atoms with Gasteiger partial charge < -0.3 is 5.32 Å². The summed E-state index contributed by atoms with van der Waals surface area (Å²) in [7, 11) is 0. The lowest BCUT2D eigenvalue weighted by molar-refractivity contribution is 0.422. The first-order valence-electron chi connectivity index (χ1n) is 5.69. The molecule has 0 radical (unpaired) electrons. The van der Waals surface area contributed by atoms with Crippen molar-refractivity contribution in [3.8, 4) is 6.07 Å². The minimum absolute atomic E-state index is 0.586. The quantitative estimate of drug-likeness (QED) is 0.695. The van der Waals surface area contributed by atoms with E-state index in [0.29, 0.717) is 12.0 Å². The predicted octanol–water partition coefficient (Wildman–Crippen LogP) is 3.01. The lowest BCUT2D eigenvalue weighted by Gasteiger charge is -2.25. The van der Waals surface area contributed by atoms with Gasteiger partial charge in [-0.25, -0.2) is 0 Å². The van der Waals surface area contributed by atoms with Crippen LogP contribution < -0.4 is 5.32 Å². The van der Waals surface area contributed by atoms with Crippen LogP contribution in [-0.4, -0.2) is 6.04 Å². The number of benzene rings is 1. The second-order valence-corrected chi connectivity index (χ2v) is 4.52. The van der Waals surface area contributed by atoms with Gasteiger partial charge in [0.05, 0.1) is 11.3 Å². The first-order chi connectivity index (χ1) is 7.40. The SMILES string of the molecule is N#Cc1cccc2c1NC1CCCCC21. The lowest BCUT2D eigenvalue weighted by Crippen LogP contribution is -2.23. The number of nitriles is 1. The summed E-state index contributed by atoms with van der Waals surface area (Å²) in [5.41, 5.74) is 3.29.